The van der Waals surface area contributed by atoms with Gasteiger partial charge in [-0.15, -0.1) is 0 Å². The third kappa shape index (κ3) is 5.86. The summed E-state index contributed by atoms with van der Waals surface area (Å²) in [6, 6.07) is 34.4. The fourth-order valence-corrected chi connectivity index (χ4v) is 3.67. The Balaban J connectivity index is 0.000000181. The minimum atomic E-state index is -0.0155. The smallest absolute Gasteiger partial charge is 0.250 e. The summed E-state index contributed by atoms with van der Waals surface area (Å²) in [5.41, 5.74) is 6.40. The van der Waals surface area contributed by atoms with Crippen molar-refractivity contribution in [2.45, 2.75) is 27.2 Å². The van der Waals surface area contributed by atoms with Crippen LogP contribution in [-0.4, -0.2) is 14.3 Å². The first-order valence-corrected chi connectivity index (χ1v) is 11.3. The van der Waals surface area contributed by atoms with Crippen molar-refractivity contribution in [3.63, 3.8) is 0 Å². The third-order valence-electron chi connectivity index (χ3n) is 5.21. The van der Waals surface area contributed by atoms with Crippen molar-refractivity contribution in [1.29, 1.82) is 0 Å². The molecule has 33 heavy (non-hydrogen) atoms. The number of aromatic nitrogens is 3. The molecule has 0 aliphatic carbocycles. The van der Waals surface area contributed by atoms with Crippen LogP contribution in [0.25, 0.3) is 16.7 Å². The summed E-state index contributed by atoms with van der Waals surface area (Å²) in [7, 11) is 1.77. The van der Waals surface area contributed by atoms with Crippen molar-refractivity contribution in [2.24, 2.45) is 7.05 Å². The predicted octanol–water partition coefficient (Wildman–Crippen LogP) is 6.34. The van der Waals surface area contributed by atoms with Crippen LogP contribution in [0.4, 0.5) is 0 Å². The molecule has 0 unspecified atom stereocenters. The molecule has 2 heterocycles. The second-order valence-corrected chi connectivity index (χ2v) is 7.45. The number of hydrogen-bond donors (Lipinski definition) is 0. The van der Waals surface area contributed by atoms with Crippen LogP contribution in [0.15, 0.2) is 108 Å². The maximum Gasteiger partial charge on any atom is 0.250 e. The van der Waals surface area contributed by atoms with E-state index in [1.165, 1.54) is 11.1 Å². The quantitative estimate of drug-likeness (QED) is 0.331. The Kier molecular flexibility index (Phi) is 8.36. The molecule has 2 aromatic heterocycles. The summed E-state index contributed by atoms with van der Waals surface area (Å²) in [5, 5.41) is 4.52. The lowest BCUT2D eigenvalue weighted by Crippen LogP contribution is -2.15. The van der Waals surface area contributed by atoms with Crippen LogP contribution in [0.5, 0.6) is 0 Å². The molecular weight excluding hydrogens is 406 g/mol. The summed E-state index contributed by atoms with van der Waals surface area (Å²) < 4.78 is 3.50. The van der Waals surface area contributed by atoms with Gasteiger partial charge in [0.1, 0.15) is 0 Å². The molecule has 5 aromatic rings. The zero-order valence-corrected chi connectivity index (χ0v) is 19.8. The molecular formula is C29H31N3O. The van der Waals surface area contributed by atoms with E-state index in [0.717, 1.165) is 28.8 Å². The van der Waals surface area contributed by atoms with Gasteiger partial charge in [0.2, 0.25) is 0 Å². The summed E-state index contributed by atoms with van der Waals surface area (Å²) in [6.45, 7) is 5.92. The lowest BCUT2D eigenvalue weighted by molar-refractivity contribution is 0.888. The fraction of sp³-hybridized carbons (Fsp3) is 0.172. The Bertz CT molecular complexity index is 1280. The van der Waals surface area contributed by atoms with E-state index < -0.39 is 0 Å². The molecule has 0 spiro atoms. The number of benzene rings is 3. The van der Waals surface area contributed by atoms with Gasteiger partial charge in [0, 0.05) is 13.1 Å². The Hall–Kier alpha value is -3.92. The molecule has 168 valence electrons. The molecule has 0 atom stereocenters. The monoisotopic (exact) mass is 437 g/mol. The Morgan fingerprint density at radius 3 is 1.70 bits per heavy atom. The maximum absolute atomic E-state index is 11.7. The zero-order valence-electron chi connectivity index (χ0n) is 19.8. The molecule has 3 aromatic carbocycles. The second-order valence-electron chi connectivity index (χ2n) is 7.45. The van der Waals surface area contributed by atoms with Crippen molar-refractivity contribution in [3.05, 3.63) is 130 Å². The van der Waals surface area contributed by atoms with Crippen molar-refractivity contribution in [2.75, 3.05) is 0 Å². The molecule has 0 N–H and O–H groups in total. The van der Waals surface area contributed by atoms with Gasteiger partial charge in [-0.25, -0.2) is 4.68 Å². The average Bonchev–Trinajstić information content (AvgIpc) is 3.22. The van der Waals surface area contributed by atoms with Gasteiger partial charge < -0.3 is 4.57 Å². The lowest BCUT2D eigenvalue weighted by atomic mass is 10.1. The molecule has 0 saturated heterocycles. The minimum Gasteiger partial charge on any atom is -0.308 e. The molecule has 0 radical (unpaired) electrons. The number of hydrogen-bond acceptors (Lipinski definition) is 2. The van der Waals surface area contributed by atoms with E-state index >= 15 is 0 Å². The van der Waals surface area contributed by atoms with Crippen LogP contribution in [0.1, 0.15) is 30.7 Å². The highest BCUT2D eigenvalue weighted by Gasteiger charge is 2.11. The molecule has 4 nitrogen and oxygen atoms in total. The molecule has 0 fully saturated rings. The number of fused-ring (bicyclic) bond motifs is 1. The normalized spacial score (nSPS) is 10.1. The van der Waals surface area contributed by atoms with E-state index in [2.05, 4.69) is 65.8 Å². The van der Waals surface area contributed by atoms with Crippen LogP contribution in [0, 0.1) is 6.92 Å². The van der Waals surface area contributed by atoms with Crippen LogP contribution in [0.3, 0.4) is 0 Å². The van der Waals surface area contributed by atoms with Gasteiger partial charge in [0.25, 0.3) is 5.56 Å². The van der Waals surface area contributed by atoms with E-state index in [1.54, 1.807) is 17.7 Å². The summed E-state index contributed by atoms with van der Waals surface area (Å²) in [5.74, 6) is 0. The first-order chi connectivity index (χ1) is 16.1. The van der Waals surface area contributed by atoms with Crippen molar-refractivity contribution in [1.82, 2.24) is 14.3 Å². The molecule has 0 aliphatic rings. The molecule has 0 aliphatic heterocycles. The Morgan fingerprint density at radius 1 is 0.697 bits per heavy atom. The van der Waals surface area contributed by atoms with Crippen LogP contribution < -0.4 is 5.56 Å². The van der Waals surface area contributed by atoms with Crippen LogP contribution in [-0.2, 0) is 13.5 Å². The van der Waals surface area contributed by atoms with E-state index in [4.69, 9.17) is 0 Å². The zero-order chi connectivity index (χ0) is 23.6. The van der Waals surface area contributed by atoms with Gasteiger partial charge in [0.15, 0.2) is 0 Å². The van der Waals surface area contributed by atoms with E-state index in [1.807, 2.05) is 61.9 Å². The van der Waals surface area contributed by atoms with E-state index in [9.17, 15) is 4.79 Å². The average molecular weight is 438 g/mol. The van der Waals surface area contributed by atoms with Gasteiger partial charge >= 0.3 is 0 Å². The predicted molar refractivity (Wildman–Crippen MR) is 138 cm³/mol. The highest BCUT2D eigenvalue weighted by Crippen LogP contribution is 2.19. The second kappa shape index (κ2) is 11.6. The number of aryl methyl sites for hydroxylation is 2. The highest BCUT2D eigenvalue weighted by molar-refractivity contribution is 5.79. The standard InChI is InChI=1S/C14H13N3O.C13H12.C2H6/c1-10-14-12(8-9-13(18)16(14)2)17(15-10)11-6-4-3-5-7-11;1-3-7-12(8-4-1)11-13-9-5-2-6-10-13;1-2/h3-9H,1-2H3;1-10H,11H2;1-2H3. The fourth-order valence-electron chi connectivity index (χ4n) is 3.67. The van der Waals surface area contributed by atoms with Crippen LogP contribution >= 0.6 is 0 Å². The molecule has 4 heteroatoms. The third-order valence-corrected chi connectivity index (χ3v) is 5.21. The van der Waals surface area contributed by atoms with Crippen molar-refractivity contribution in [3.8, 4) is 5.69 Å². The Labute approximate surface area is 195 Å². The molecule has 0 saturated carbocycles. The molecule has 5 rings (SSSR count). The van der Waals surface area contributed by atoms with Gasteiger partial charge in [-0.1, -0.05) is 92.7 Å². The van der Waals surface area contributed by atoms with Gasteiger partial charge in [-0.2, -0.15) is 5.10 Å². The Morgan fingerprint density at radius 2 is 1.18 bits per heavy atom. The summed E-state index contributed by atoms with van der Waals surface area (Å²) in [6.07, 6.45) is 1.03. The van der Waals surface area contributed by atoms with Gasteiger partial charge in [0.05, 0.1) is 22.4 Å². The number of nitrogens with zero attached hydrogens (tertiary/aromatic N) is 3. The summed E-state index contributed by atoms with van der Waals surface area (Å²) >= 11 is 0. The highest BCUT2D eigenvalue weighted by atomic mass is 16.1. The van der Waals surface area contributed by atoms with Gasteiger partial charge in [-0.3, -0.25) is 4.79 Å². The van der Waals surface area contributed by atoms with E-state index in [0.29, 0.717) is 0 Å². The molecule has 0 amide bonds. The number of rotatable bonds is 3. The molecule has 0 bridgehead atoms. The van der Waals surface area contributed by atoms with Crippen LogP contribution in [0.2, 0.25) is 0 Å². The van der Waals surface area contributed by atoms with Crippen molar-refractivity contribution < 1.29 is 0 Å². The van der Waals surface area contributed by atoms with E-state index in [-0.39, 0.29) is 5.56 Å². The largest absolute Gasteiger partial charge is 0.308 e. The van der Waals surface area contributed by atoms with Crippen molar-refractivity contribution >= 4 is 11.0 Å². The number of pyridine rings is 1. The van der Waals surface area contributed by atoms with Gasteiger partial charge in [-0.05, 0) is 42.7 Å². The number of para-hydroxylation sites is 1. The SMILES string of the molecule is CC.Cc1nn(-c2ccccc2)c2ccc(=O)n(C)c12.c1ccc(Cc2ccccc2)cc1. The maximum atomic E-state index is 11.7. The lowest BCUT2D eigenvalue weighted by Gasteiger charge is -2.03. The first kappa shape index (κ1) is 23.7. The summed E-state index contributed by atoms with van der Waals surface area (Å²) in [4.78, 5) is 11.7. The topological polar surface area (TPSA) is 39.8 Å². The minimum absolute atomic E-state index is 0.0155. The first-order valence-electron chi connectivity index (χ1n) is 11.3.